The molecular weight excluding hydrogens is 496 g/mol. The Labute approximate surface area is 215 Å². The van der Waals surface area contributed by atoms with E-state index in [-0.39, 0.29) is 17.3 Å². The van der Waals surface area contributed by atoms with Gasteiger partial charge in [0.15, 0.2) is 5.69 Å². The molecule has 0 atom stereocenters. The van der Waals surface area contributed by atoms with Crippen molar-refractivity contribution in [1.82, 2.24) is 30.7 Å². The number of anilines is 1. The van der Waals surface area contributed by atoms with Gasteiger partial charge in [-0.2, -0.15) is 9.78 Å². The molecule has 0 radical (unpaired) electrons. The third kappa shape index (κ3) is 5.31. The first-order valence-corrected chi connectivity index (χ1v) is 11.4. The number of nitrogens with zero attached hydrogens (tertiary/aromatic N) is 6. The van der Waals surface area contributed by atoms with Crippen molar-refractivity contribution in [2.24, 2.45) is 5.10 Å². The monoisotopic (exact) mass is 514 g/mol. The van der Waals surface area contributed by atoms with Crippen LogP contribution < -0.4 is 15.9 Å². The van der Waals surface area contributed by atoms with E-state index in [9.17, 15) is 4.79 Å². The number of carbonyl (C=O) groups excluding carboxylic acids is 1. The number of aromatic nitrogens is 5. The van der Waals surface area contributed by atoms with Gasteiger partial charge in [0.2, 0.25) is 11.6 Å². The summed E-state index contributed by atoms with van der Waals surface area (Å²) in [5.41, 5.74) is 10.9. The van der Waals surface area contributed by atoms with Gasteiger partial charge in [0.05, 0.1) is 6.21 Å². The first-order chi connectivity index (χ1) is 18.1. The number of rotatable bonds is 8. The lowest BCUT2D eigenvalue weighted by Crippen LogP contribution is -2.19. The van der Waals surface area contributed by atoms with Gasteiger partial charge in [-0.05, 0) is 34.1 Å². The van der Waals surface area contributed by atoms with Crippen molar-refractivity contribution in [1.29, 1.82) is 0 Å². The number of benzene rings is 3. The second-order valence-electron chi connectivity index (χ2n) is 7.69. The molecule has 0 aliphatic rings. The summed E-state index contributed by atoms with van der Waals surface area (Å²) in [6.45, 7) is 0.320. The fraction of sp³-hybridized carbons (Fsp3) is 0.0400. The highest BCUT2D eigenvalue weighted by atomic mass is 35.5. The van der Waals surface area contributed by atoms with Crippen molar-refractivity contribution in [3.05, 3.63) is 101 Å². The maximum absolute atomic E-state index is 13.0. The molecule has 3 aromatic carbocycles. The van der Waals surface area contributed by atoms with Gasteiger partial charge in [-0.3, -0.25) is 4.79 Å². The standard InChI is InChI=1S/C25H19ClN8O3/c26-20-12-5-4-10-18(20)15-36-19-11-6-7-16(13-19)14-28-30-25(35)21-22(17-8-2-1-3-9-17)34(33-29-21)24-23(27)31-37-32-24/h1-14H,15H2,(H2,27,31)(H,30,35)/b28-14-. The molecule has 1 amide bonds. The fourth-order valence-electron chi connectivity index (χ4n) is 3.46. The van der Waals surface area contributed by atoms with E-state index in [2.05, 4.69) is 35.8 Å². The molecule has 0 saturated heterocycles. The minimum absolute atomic E-state index is 0.00342. The van der Waals surface area contributed by atoms with Crippen LogP contribution in [-0.2, 0) is 6.61 Å². The van der Waals surface area contributed by atoms with Crippen LogP contribution in [0.25, 0.3) is 17.1 Å². The lowest BCUT2D eigenvalue weighted by molar-refractivity contribution is 0.0950. The lowest BCUT2D eigenvalue weighted by Gasteiger charge is -2.08. The highest BCUT2D eigenvalue weighted by molar-refractivity contribution is 6.31. The number of hydrogen-bond acceptors (Lipinski definition) is 9. The number of ether oxygens (including phenoxy) is 1. The zero-order chi connectivity index (χ0) is 25.6. The van der Waals surface area contributed by atoms with Crippen LogP contribution >= 0.6 is 11.6 Å². The maximum Gasteiger partial charge on any atom is 0.294 e. The van der Waals surface area contributed by atoms with Gasteiger partial charge in [0, 0.05) is 16.1 Å². The summed E-state index contributed by atoms with van der Waals surface area (Å²) in [6.07, 6.45) is 1.49. The van der Waals surface area contributed by atoms with Gasteiger partial charge >= 0.3 is 0 Å². The number of nitrogens with one attached hydrogen (secondary N) is 1. The van der Waals surface area contributed by atoms with Crippen molar-refractivity contribution in [3.8, 4) is 22.8 Å². The van der Waals surface area contributed by atoms with E-state index in [0.29, 0.717) is 34.2 Å². The van der Waals surface area contributed by atoms with Crippen molar-refractivity contribution < 1.29 is 14.2 Å². The van der Waals surface area contributed by atoms with Crippen LogP contribution in [0.2, 0.25) is 5.02 Å². The van der Waals surface area contributed by atoms with Crippen LogP contribution in [0.5, 0.6) is 5.75 Å². The average Bonchev–Trinajstić information content (AvgIpc) is 3.55. The molecule has 0 aliphatic heterocycles. The van der Waals surface area contributed by atoms with E-state index in [4.69, 9.17) is 22.1 Å². The van der Waals surface area contributed by atoms with E-state index >= 15 is 0 Å². The Morgan fingerprint density at radius 2 is 1.89 bits per heavy atom. The number of carbonyl (C=O) groups is 1. The van der Waals surface area contributed by atoms with Crippen molar-refractivity contribution >= 4 is 29.5 Å². The molecule has 0 fully saturated rings. The molecule has 0 bridgehead atoms. The summed E-state index contributed by atoms with van der Waals surface area (Å²) < 4.78 is 11.8. The number of amides is 1. The van der Waals surface area contributed by atoms with Gasteiger partial charge in [0.25, 0.3) is 5.91 Å². The molecule has 3 N–H and O–H groups in total. The highest BCUT2D eigenvalue weighted by Gasteiger charge is 2.25. The van der Waals surface area contributed by atoms with Crippen LogP contribution in [0, 0.1) is 0 Å². The van der Waals surface area contributed by atoms with Gasteiger partial charge in [-0.25, -0.2) is 10.1 Å². The van der Waals surface area contributed by atoms with Gasteiger partial charge < -0.3 is 10.5 Å². The quantitative estimate of drug-likeness (QED) is 0.234. The lowest BCUT2D eigenvalue weighted by atomic mass is 10.1. The molecule has 12 heteroatoms. The smallest absolute Gasteiger partial charge is 0.294 e. The fourth-order valence-corrected chi connectivity index (χ4v) is 3.65. The molecule has 37 heavy (non-hydrogen) atoms. The number of nitrogen functional groups attached to an aromatic ring is 1. The van der Waals surface area contributed by atoms with E-state index in [1.54, 1.807) is 18.2 Å². The van der Waals surface area contributed by atoms with E-state index in [1.165, 1.54) is 10.9 Å². The van der Waals surface area contributed by atoms with Gasteiger partial charge in [-0.1, -0.05) is 77.5 Å². The Bertz CT molecular complexity index is 1570. The topological polar surface area (TPSA) is 146 Å². The van der Waals surface area contributed by atoms with E-state index in [1.807, 2.05) is 60.7 Å². The Balaban J connectivity index is 1.32. The molecule has 5 aromatic rings. The summed E-state index contributed by atoms with van der Waals surface area (Å²) in [7, 11) is 0. The molecule has 2 heterocycles. The second-order valence-corrected chi connectivity index (χ2v) is 8.10. The molecule has 0 unspecified atom stereocenters. The minimum Gasteiger partial charge on any atom is -0.489 e. The van der Waals surface area contributed by atoms with Crippen LogP contribution in [0.3, 0.4) is 0 Å². The Hall–Kier alpha value is -5.03. The molecule has 0 saturated carbocycles. The van der Waals surface area contributed by atoms with Gasteiger partial charge in [-0.15, -0.1) is 5.10 Å². The largest absolute Gasteiger partial charge is 0.489 e. The maximum atomic E-state index is 13.0. The van der Waals surface area contributed by atoms with Crippen LogP contribution in [0.1, 0.15) is 21.6 Å². The third-order valence-corrected chi connectivity index (χ3v) is 5.59. The number of halogens is 1. The molecule has 184 valence electrons. The summed E-state index contributed by atoms with van der Waals surface area (Å²) in [5.74, 6) is 0.164. The summed E-state index contributed by atoms with van der Waals surface area (Å²) in [5, 5.41) is 20.1. The molecule has 5 rings (SSSR count). The predicted octanol–water partition coefficient (Wildman–Crippen LogP) is 3.90. The summed E-state index contributed by atoms with van der Waals surface area (Å²) in [4.78, 5) is 13.0. The molecule has 0 aliphatic carbocycles. The molecule has 0 spiro atoms. The Morgan fingerprint density at radius 1 is 1.08 bits per heavy atom. The second kappa shape index (κ2) is 10.7. The van der Waals surface area contributed by atoms with Gasteiger partial charge in [0.1, 0.15) is 18.1 Å². The first-order valence-electron chi connectivity index (χ1n) is 11.0. The first kappa shape index (κ1) is 23.7. The average molecular weight is 515 g/mol. The SMILES string of the molecule is Nc1nonc1-n1nnc(C(=O)N/N=C\c2cccc(OCc3ccccc3Cl)c2)c1-c1ccccc1. The van der Waals surface area contributed by atoms with Crippen molar-refractivity contribution in [2.45, 2.75) is 6.61 Å². The van der Waals surface area contributed by atoms with Crippen LogP contribution in [-0.4, -0.2) is 37.4 Å². The van der Waals surface area contributed by atoms with E-state index in [0.717, 1.165) is 5.56 Å². The molecule has 2 aromatic heterocycles. The van der Waals surface area contributed by atoms with Crippen LogP contribution in [0.4, 0.5) is 5.82 Å². The van der Waals surface area contributed by atoms with Crippen molar-refractivity contribution in [3.63, 3.8) is 0 Å². The summed E-state index contributed by atoms with van der Waals surface area (Å²) in [6, 6.07) is 23.8. The molecule has 11 nitrogen and oxygen atoms in total. The Morgan fingerprint density at radius 3 is 2.68 bits per heavy atom. The normalized spacial score (nSPS) is 11.1. The zero-order valence-corrected chi connectivity index (χ0v) is 19.9. The van der Waals surface area contributed by atoms with Crippen molar-refractivity contribution in [2.75, 3.05) is 5.73 Å². The highest BCUT2D eigenvalue weighted by Crippen LogP contribution is 2.26. The third-order valence-electron chi connectivity index (χ3n) is 5.22. The number of nitrogens with two attached hydrogens (primary N) is 1. The predicted molar refractivity (Wildman–Crippen MR) is 136 cm³/mol. The zero-order valence-electron chi connectivity index (χ0n) is 19.2. The van der Waals surface area contributed by atoms with Crippen LogP contribution in [0.15, 0.2) is 88.6 Å². The minimum atomic E-state index is -0.581. The number of hydrogen-bond donors (Lipinski definition) is 2. The Kier molecular flexibility index (Phi) is 6.86. The summed E-state index contributed by atoms with van der Waals surface area (Å²) >= 11 is 6.19. The van der Waals surface area contributed by atoms with E-state index < -0.39 is 5.91 Å². The number of hydrazone groups is 1. The molecular formula is C25H19ClN8O3.